The number of primary amides is 1. The molecule has 0 aliphatic carbocycles. The molecule has 0 saturated carbocycles. The summed E-state index contributed by atoms with van der Waals surface area (Å²) in [5.74, 6) is 0.634. The Labute approximate surface area is 135 Å². The predicted octanol–water partition coefficient (Wildman–Crippen LogP) is 2.27. The van der Waals surface area contributed by atoms with Crippen LogP contribution in [-0.4, -0.2) is 49.1 Å². The summed E-state index contributed by atoms with van der Waals surface area (Å²) >= 11 is 0. The third-order valence-electron chi connectivity index (χ3n) is 3.77. The van der Waals surface area contributed by atoms with Crippen LogP contribution >= 0.6 is 0 Å². The van der Waals surface area contributed by atoms with Gasteiger partial charge in [-0.15, -0.1) is 0 Å². The van der Waals surface area contributed by atoms with Gasteiger partial charge in [-0.2, -0.15) is 13.2 Å². The summed E-state index contributed by atoms with van der Waals surface area (Å²) in [7, 11) is 0. The molecular formula is C15H27F3N4O. The van der Waals surface area contributed by atoms with Crippen molar-refractivity contribution < 1.29 is 18.0 Å². The van der Waals surface area contributed by atoms with E-state index < -0.39 is 12.6 Å². The van der Waals surface area contributed by atoms with Crippen LogP contribution in [0.5, 0.6) is 0 Å². The quantitative estimate of drug-likeness (QED) is 0.426. The molecule has 23 heavy (non-hydrogen) atoms. The predicted molar refractivity (Wildman–Crippen MR) is 84.0 cm³/mol. The topological polar surface area (TPSA) is 70.7 Å². The fourth-order valence-electron chi connectivity index (χ4n) is 2.76. The van der Waals surface area contributed by atoms with Crippen LogP contribution in [0.1, 0.15) is 45.4 Å². The molecule has 0 spiro atoms. The minimum atomic E-state index is -4.09. The van der Waals surface area contributed by atoms with Crippen molar-refractivity contribution in [2.24, 2.45) is 16.6 Å². The van der Waals surface area contributed by atoms with Crippen molar-refractivity contribution in [3.8, 4) is 0 Å². The number of rotatable bonds is 7. The molecule has 1 unspecified atom stereocenters. The third kappa shape index (κ3) is 8.66. The van der Waals surface area contributed by atoms with E-state index in [1.165, 1.54) is 0 Å². The largest absolute Gasteiger partial charge is 0.389 e. The average molecular weight is 336 g/mol. The number of alkyl halides is 3. The smallest absolute Gasteiger partial charge is 0.370 e. The lowest BCUT2D eigenvalue weighted by molar-refractivity contribution is -0.135. The minimum absolute atomic E-state index is 0.0940. The van der Waals surface area contributed by atoms with Crippen LogP contribution in [0.2, 0.25) is 0 Å². The lowest BCUT2D eigenvalue weighted by Gasteiger charge is -2.34. The molecule has 8 heteroatoms. The molecule has 0 aromatic heterocycles. The van der Waals surface area contributed by atoms with Gasteiger partial charge in [-0.05, 0) is 38.5 Å². The number of halogens is 3. The highest BCUT2D eigenvalue weighted by molar-refractivity contribution is 5.80. The van der Waals surface area contributed by atoms with Gasteiger partial charge in [0.25, 0.3) is 0 Å². The Balaban J connectivity index is 2.48. The molecule has 134 valence electrons. The Bertz CT molecular complexity index is 399. The van der Waals surface area contributed by atoms with Gasteiger partial charge in [-0.25, -0.2) is 0 Å². The molecule has 1 rings (SSSR count). The Morgan fingerprint density at radius 3 is 2.74 bits per heavy atom. The highest BCUT2D eigenvalue weighted by Gasteiger charge is 2.26. The number of unbranched alkanes of at least 4 members (excludes halogenated alkanes) is 1. The van der Waals surface area contributed by atoms with Crippen LogP contribution in [0.15, 0.2) is 4.99 Å². The number of nitrogens with two attached hydrogens (primary N) is 1. The molecule has 0 bridgehead atoms. The van der Waals surface area contributed by atoms with Crippen molar-refractivity contribution in [1.82, 2.24) is 10.2 Å². The van der Waals surface area contributed by atoms with Crippen LogP contribution in [0.3, 0.4) is 0 Å². The molecular weight excluding hydrogens is 309 g/mol. The third-order valence-corrected chi connectivity index (χ3v) is 3.77. The van der Waals surface area contributed by atoms with Crippen LogP contribution in [0.25, 0.3) is 0 Å². The number of hydrogen-bond acceptors (Lipinski definition) is 2. The first kappa shape index (κ1) is 19.6. The number of carbonyl (C=O) groups is 1. The van der Waals surface area contributed by atoms with Crippen molar-refractivity contribution in [2.45, 2.75) is 51.6 Å². The van der Waals surface area contributed by atoms with Gasteiger partial charge in [0.15, 0.2) is 5.96 Å². The van der Waals surface area contributed by atoms with E-state index in [0.717, 1.165) is 19.4 Å². The average Bonchev–Trinajstić information content (AvgIpc) is 2.44. The van der Waals surface area contributed by atoms with Gasteiger partial charge < -0.3 is 16.0 Å². The van der Waals surface area contributed by atoms with E-state index in [1.54, 1.807) is 0 Å². The molecule has 1 aliphatic heterocycles. The highest BCUT2D eigenvalue weighted by Crippen LogP contribution is 2.22. The van der Waals surface area contributed by atoms with E-state index >= 15 is 0 Å². The molecule has 1 atom stereocenters. The Hall–Kier alpha value is -1.47. The number of guanidine groups is 1. The highest BCUT2D eigenvalue weighted by atomic mass is 19.4. The number of likely N-dealkylation sites (tertiary alicyclic amines) is 1. The number of amides is 1. The second-order valence-electron chi connectivity index (χ2n) is 5.93. The monoisotopic (exact) mass is 336 g/mol. The summed E-state index contributed by atoms with van der Waals surface area (Å²) < 4.78 is 36.3. The summed E-state index contributed by atoms with van der Waals surface area (Å²) in [6.45, 7) is 4.55. The molecule has 1 amide bonds. The molecule has 1 heterocycles. The molecule has 5 nitrogen and oxygen atoms in total. The molecule has 0 aromatic rings. The maximum Gasteiger partial charge on any atom is 0.389 e. The van der Waals surface area contributed by atoms with Crippen molar-refractivity contribution in [3.63, 3.8) is 0 Å². The summed E-state index contributed by atoms with van der Waals surface area (Å²) in [4.78, 5) is 17.6. The molecule has 0 aromatic carbocycles. The summed E-state index contributed by atoms with van der Waals surface area (Å²) in [6.07, 6.45) is -2.07. The molecule has 1 fully saturated rings. The molecule has 1 aliphatic rings. The SMILES string of the molecule is CCNC(=NCCCCC(F)(F)F)N1CCCC(CC(N)=O)C1. The van der Waals surface area contributed by atoms with E-state index in [4.69, 9.17) is 5.73 Å². The van der Waals surface area contributed by atoms with Gasteiger partial charge in [0.1, 0.15) is 0 Å². The summed E-state index contributed by atoms with van der Waals surface area (Å²) in [5, 5.41) is 3.17. The first-order valence-corrected chi connectivity index (χ1v) is 8.20. The number of nitrogens with zero attached hydrogens (tertiary/aromatic N) is 2. The van der Waals surface area contributed by atoms with Crippen LogP contribution in [0, 0.1) is 5.92 Å². The van der Waals surface area contributed by atoms with E-state index in [9.17, 15) is 18.0 Å². The van der Waals surface area contributed by atoms with Crippen molar-refractivity contribution in [3.05, 3.63) is 0 Å². The van der Waals surface area contributed by atoms with Gasteiger partial charge in [0, 0.05) is 39.0 Å². The summed E-state index contributed by atoms with van der Waals surface area (Å²) in [6, 6.07) is 0. The molecule has 3 N–H and O–H groups in total. The zero-order chi connectivity index (χ0) is 17.3. The second-order valence-corrected chi connectivity index (χ2v) is 5.93. The first-order chi connectivity index (χ1) is 10.8. The Morgan fingerprint density at radius 2 is 2.13 bits per heavy atom. The second kappa shape index (κ2) is 9.62. The van der Waals surface area contributed by atoms with E-state index in [2.05, 4.69) is 15.2 Å². The Kier molecular flexibility index (Phi) is 8.19. The zero-order valence-corrected chi connectivity index (χ0v) is 13.7. The number of nitrogens with one attached hydrogen (secondary N) is 1. The normalized spacial score (nSPS) is 19.7. The van der Waals surface area contributed by atoms with Crippen molar-refractivity contribution in [2.75, 3.05) is 26.2 Å². The molecule has 0 radical (unpaired) electrons. The fourth-order valence-corrected chi connectivity index (χ4v) is 2.76. The number of hydrogen-bond donors (Lipinski definition) is 2. The van der Waals surface area contributed by atoms with E-state index in [0.29, 0.717) is 38.4 Å². The van der Waals surface area contributed by atoms with Gasteiger partial charge in [0.05, 0.1) is 0 Å². The van der Waals surface area contributed by atoms with Crippen LogP contribution in [0.4, 0.5) is 13.2 Å². The van der Waals surface area contributed by atoms with Gasteiger partial charge in [0.2, 0.25) is 5.91 Å². The first-order valence-electron chi connectivity index (χ1n) is 8.20. The van der Waals surface area contributed by atoms with Crippen LogP contribution in [-0.2, 0) is 4.79 Å². The number of piperidine rings is 1. The van der Waals surface area contributed by atoms with Gasteiger partial charge in [-0.3, -0.25) is 9.79 Å². The van der Waals surface area contributed by atoms with Crippen LogP contribution < -0.4 is 11.1 Å². The Morgan fingerprint density at radius 1 is 1.39 bits per heavy atom. The maximum atomic E-state index is 12.1. The van der Waals surface area contributed by atoms with Gasteiger partial charge >= 0.3 is 6.18 Å². The lowest BCUT2D eigenvalue weighted by Crippen LogP contribution is -2.47. The molecule has 1 saturated heterocycles. The van der Waals surface area contributed by atoms with E-state index in [-0.39, 0.29) is 18.2 Å². The lowest BCUT2D eigenvalue weighted by atomic mass is 9.95. The zero-order valence-electron chi connectivity index (χ0n) is 13.7. The van der Waals surface area contributed by atoms with Gasteiger partial charge in [-0.1, -0.05) is 0 Å². The fraction of sp³-hybridized carbons (Fsp3) is 0.867. The number of carbonyl (C=O) groups excluding carboxylic acids is 1. The standard InChI is InChI=1S/C15H27F3N4O/c1-2-20-14(21-8-4-3-7-15(16,17)18)22-9-5-6-12(11-22)10-13(19)23/h12H,2-11H2,1H3,(H2,19,23)(H,20,21). The minimum Gasteiger partial charge on any atom is -0.370 e. The summed E-state index contributed by atoms with van der Waals surface area (Å²) in [5.41, 5.74) is 5.26. The van der Waals surface area contributed by atoms with Crippen molar-refractivity contribution >= 4 is 11.9 Å². The maximum absolute atomic E-state index is 12.1. The number of aliphatic imine (C=N–C) groups is 1. The van der Waals surface area contributed by atoms with E-state index in [1.807, 2.05) is 6.92 Å². The van der Waals surface area contributed by atoms with Crippen molar-refractivity contribution in [1.29, 1.82) is 0 Å².